The largest absolute Gasteiger partial charge is 0.454 e. The molecule has 5 nitrogen and oxygen atoms in total. The first-order chi connectivity index (χ1) is 12.2. The fraction of sp³-hybridized carbons (Fsp3) is 0.100. The molecule has 1 aliphatic rings. The first-order valence-corrected chi connectivity index (χ1v) is 7.83. The molecule has 0 fully saturated rings. The van der Waals surface area contributed by atoms with Gasteiger partial charge in [-0.05, 0) is 30.7 Å². The highest BCUT2D eigenvalue weighted by atomic mass is 16.7. The van der Waals surface area contributed by atoms with Gasteiger partial charge in [0, 0.05) is 11.1 Å². The highest BCUT2D eigenvalue weighted by molar-refractivity contribution is 5.81. The first kappa shape index (κ1) is 15.0. The average Bonchev–Trinajstić information content (AvgIpc) is 3.09. The SMILES string of the molecule is Cc1ccc(-c2cc(-c3ccc4c(c3)OCO4)c(C#N)c(N)n2)cc1. The van der Waals surface area contributed by atoms with Crippen molar-refractivity contribution in [2.45, 2.75) is 6.92 Å². The second-order valence-electron chi connectivity index (χ2n) is 5.86. The van der Waals surface area contributed by atoms with Gasteiger partial charge >= 0.3 is 0 Å². The maximum Gasteiger partial charge on any atom is 0.231 e. The van der Waals surface area contributed by atoms with Crippen LogP contribution < -0.4 is 15.2 Å². The van der Waals surface area contributed by atoms with Crippen LogP contribution in [0.1, 0.15) is 11.1 Å². The van der Waals surface area contributed by atoms with E-state index in [1.54, 1.807) is 0 Å². The zero-order chi connectivity index (χ0) is 17.4. The Morgan fingerprint density at radius 2 is 1.72 bits per heavy atom. The zero-order valence-corrected chi connectivity index (χ0v) is 13.6. The third-order valence-electron chi connectivity index (χ3n) is 4.19. The lowest BCUT2D eigenvalue weighted by atomic mass is 9.98. The highest BCUT2D eigenvalue weighted by Crippen LogP contribution is 2.38. The van der Waals surface area contributed by atoms with Crippen molar-refractivity contribution in [3.8, 4) is 40.0 Å². The van der Waals surface area contributed by atoms with Crippen molar-refractivity contribution >= 4 is 5.82 Å². The molecule has 0 unspecified atom stereocenters. The Labute approximate surface area is 145 Å². The van der Waals surface area contributed by atoms with Gasteiger partial charge in [0.25, 0.3) is 0 Å². The summed E-state index contributed by atoms with van der Waals surface area (Å²) < 4.78 is 10.8. The van der Waals surface area contributed by atoms with Gasteiger partial charge in [0.15, 0.2) is 11.5 Å². The minimum atomic E-state index is 0.205. The minimum Gasteiger partial charge on any atom is -0.454 e. The molecule has 0 aliphatic carbocycles. The predicted octanol–water partition coefficient (Wildman–Crippen LogP) is 3.91. The molecule has 3 aromatic rings. The summed E-state index contributed by atoms with van der Waals surface area (Å²) in [5, 5.41) is 9.53. The lowest BCUT2D eigenvalue weighted by Gasteiger charge is -2.11. The Bertz CT molecular complexity index is 1000. The highest BCUT2D eigenvalue weighted by Gasteiger charge is 2.18. The molecule has 0 radical (unpaired) electrons. The predicted molar refractivity (Wildman–Crippen MR) is 95.1 cm³/mol. The molecule has 0 saturated heterocycles. The third-order valence-corrected chi connectivity index (χ3v) is 4.19. The van der Waals surface area contributed by atoms with Gasteiger partial charge in [0.05, 0.1) is 5.69 Å². The van der Waals surface area contributed by atoms with Crippen molar-refractivity contribution in [2.24, 2.45) is 0 Å². The van der Waals surface area contributed by atoms with E-state index in [9.17, 15) is 5.26 Å². The van der Waals surface area contributed by atoms with Gasteiger partial charge in [0.1, 0.15) is 17.5 Å². The third kappa shape index (κ3) is 2.64. The number of nitrogens with two attached hydrogens (primary N) is 1. The lowest BCUT2D eigenvalue weighted by Crippen LogP contribution is -1.99. The van der Waals surface area contributed by atoms with Crippen molar-refractivity contribution in [1.29, 1.82) is 5.26 Å². The standard InChI is InChI=1S/C20H15N3O2/c1-12-2-4-13(5-3-12)17-9-15(16(10-21)20(22)23-17)14-6-7-18-19(8-14)25-11-24-18/h2-9H,11H2,1H3,(H2,22,23). The van der Waals surface area contributed by atoms with Gasteiger partial charge in [-0.1, -0.05) is 35.9 Å². The molecule has 5 heteroatoms. The summed E-state index contributed by atoms with van der Waals surface area (Å²) in [6.45, 7) is 2.24. The number of nitriles is 1. The van der Waals surface area contributed by atoms with E-state index < -0.39 is 0 Å². The van der Waals surface area contributed by atoms with Crippen LogP contribution in [0.15, 0.2) is 48.5 Å². The number of rotatable bonds is 2. The number of hydrogen-bond donors (Lipinski definition) is 1. The molecule has 1 aromatic heterocycles. The minimum absolute atomic E-state index is 0.205. The summed E-state index contributed by atoms with van der Waals surface area (Å²) in [6, 6.07) is 17.7. The van der Waals surface area contributed by atoms with E-state index in [2.05, 4.69) is 11.1 Å². The molecular weight excluding hydrogens is 314 g/mol. The van der Waals surface area contributed by atoms with Crippen LogP contribution in [0.5, 0.6) is 11.5 Å². The number of ether oxygens (including phenoxy) is 2. The number of aryl methyl sites for hydroxylation is 1. The lowest BCUT2D eigenvalue weighted by molar-refractivity contribution is 0.174. The Morgan fingerprint density at radius 3 is 2.48 bits per heavy atom. The molecule has 2 N–H and O–H groups in total. The number of hydrogen-bond acceptors (Lipinski definition) is 5. The summed E-state index contributed by atoms with van der Waals surface area (Å²) in [5.41, 5.74) is 10.8. The normalized spacial score (nSPS) is 12.0. The first-order valence-electron chi connectivity index (χ1n) is 7.83. The molecule has 2 heterocycles. The van der Waals surface area contributed by atoms with Gasteiger partial charge in [-0.15, -0.1) is 0 Å². The smallest absolute Gasteiger partial charge is 0.231 e. The molecule has 2 aromatic carbocycles. The number of benzene rings is 2. The van der Waals surface area contributed by atoms with Gasteiger partial charge in [-0.25, -0.2) is 4.98 Å². The molecule has 0 saturated carbocycles. The molecular formula is C20H15N3O2. The number of nitrogens with zero attached hydrogens (tertiary/aromatic N) is 2. The van der Waals surface area contributed by atoms with Crippen molar-refractivity contribution < 1.29 is 9.47 Å². The maximum atomic E-state index is 9.53. The van der Waals surface area contributed by atoms with Crippen LogP contribution in [-0.2, 0) is 0 Å². The number of nitrogen functional groups attached to an aromatic ring is 1. The Balaban J connectivity index is 1.89. The van der Waals surface area contributed by atoms with Crippen LogP contribution in [0.25, 0.3) is 22.4 Å². The van der Waals surface area contributed by atoms with Crippen LogP contribution in [0.3, 0.4) is 0 Å². The summed E-state index contributed by atoms with van der Waals surface area (Å²) in [4.78, 5) is 4.40. The Morgan fingerprint density at radius 1 is 1.00 bits per heavy atom. The van der Waals surface area contributed by atoms with Gasteiger partial charge in [0.2, 0.25) is 6.79 Å². The van der Waals surface area contributed by atoms with Gasteiger partial charge in [-0.2, -0.15) is 5.26 Å². The van der Waals surface area contributed by atoms with E-state index in [1.807, 2.05) is 55.5 Å². The number of aromatic nitrogens is 1. The fourth-order valence-corrected chi connectivity index (χ4v) is 2.85. The molecule has 1 aliphatic heterocycles. The summed E-state index contributed by atoms with van der Waals surface area (Å²) >= 11 is 0. The van der Waals surface area contributed by atoms with E-state index in [4.69, 9.17) is 15.2 Å². The Kier molecular flexibility index (Phi) is 3.51. The van der Waals surface area contributed by atoms with Crippen molar-refractivity contribution in [3.05, 3.63) is 59.7 Å². The topological polar surface area (TPSA) is 81.2 Å². The summed E-state index contributed by atoms with van der Waals surface area (Å²) in [5.74, 6) is 1.57. The fourth-order valence-electron chi connectivity index (χ4n) is 2.85. The monoisotopic (exact) mass is 329 g/mol. The number of fused-ring (bicyclic) bond motifs is 1. The summed E-state index contributed by atoms with van der Waals surface area (Å²) in [7, 11) is 0. The second-order valence-corrected chi connectivity index (χ2v) is 5.86. The van der Waals surface area contributed by atoms with E-state index in [0.29, 0.717) is 17.1 Å². The van der Waals surface area contributed by atoms with E-state index in [0.717, 1.165) is 22.4 Å². The van der Waals surface area contributed by atoms with E-state index in [1.165, 1.54) is 5.56 Å². The number of pyridine rings is 1. The quantitative estimate of drug-likeness (QED) is 0.771. The van der Waals surface area contributed by atoms with Crippen molar-refractivity contribution in [1.82, 2.24) is 4.98 Å². The second kappa shape index (κ2) is 5.84. The molecule has 0 atom stereocenters. The van der Waals surface area contributed by atoms with Crippen LogP contribution in [0.2, 0.25) is 0 Å². The molecule has 0 spiro atoms. The maximum absolute atomic E-state index is 9.53. The van der Waals surface area contributed by atoms with E-state index in [-0.39, 0.29) is 12.6 Å². The van der Waals surface area contributed by atoms with Crippen molar-refractivity contribution in [2.75, 3.05) is 12.5 Å². The van der Waals surface area contributed by atoms with Crippen LogP contribution in [0.4, 0.5) is 5.82 Å². The molecule has 0 bridgehead atoms. The summed E-state index contributed by atoms with van der Waals surface area (Å²) in [6.07, 6.45) is 0. The molecule has 0 amide bonds. The Hall–Kier alpha value is -3.52. The number of anilines is 1. The molecule has 122 valence electrons. The molecule has 25 heavy (non-hydrogen) atoms. The van der Waals surface area contributed by atoms with Gasteiger partial charge < -0.3 is 15.2 Å². The van der Waals surface area contributed by atoms with Crippen LogP contribution in [0, 0.1) is 18.3 Å². The van der Waals surface area contributed by atoms with Crippen LogP contribution >= 0.6 is 0 Å². The van der Waals surface area contributed by atoms with Crippen molar-refractivity contribution in [3.63, 3.8) is 0 Å². The van der Waals surface area contributed by atoms with E-state index >= 15 is 0 Å². The zero-order valence-electron chi connectivity index (χ0n) is 13.6. The van der Waals surface area contributed by atoms with Crippen LogP contribution in [-0.4, -0.2) is 11.8 Å². The average molecular weight is 329 g/mol. The van der Waals surface area contributed by atoms with Gasteiger partial charge in [-0.3, -0.25) is 0 Å². The molecule has 4 rings (SSSR count).